The van der Waals surface area contributed by atoms with Crippen molar-refractivity contribution in [3.63, 3.8) is 0 Å². The van der Waals surface area contributed by atoms with Gasteiger partial charge in [-0.1, -0.05) is 11.6 Å². The molecule has 1 atom stereocenters. The summed E-state index contributed by atoms with van der Waals surface area (Å²) in [5.74, 6) is -0.0633. The molecule has 1 amide bonds. The molecule has 1 fully saturated rings. The molecule has 1 aromatic carbocycles. The summed E-state index contributed by atoms with van der Waals surface area (Å²) in [6, 6.07) is 5.84. The molecule has 2 aliphatic rings. The maximum atomic E-state index is 12.5. The zero-order chi connectivity index (χ0) is 16.4. The summed E-state index contributed by atoms with van der Waals surface area (Å²) in [7, 11) is 0. The highest BCUT2D eigenvalue weighted by Crippen LogP contribution is 2.38. The molecule has 3 rings (SSSR count). The Morgan fingerprint density at radius 2 is 1.83 bits per heavy atom. The topological polar surface area (TPSA) is 66.4 Å². The molecule has 1 aromatic rings. The number of carboxylic acid groups (broad SMARTS) is 1. The minimum Gasteiger partial charge on any atom is -0.481 e. The molecule has 1 aliphatic carbocycles. The molecular formula is C17H20ClNO3S. The van der Waals surface area contributed by atoms with Crippen molar-refractivity contribution in [3.8, 4) is 0 Å². The van der Waals surface area contributed by atoms with Gasteiger partial charge in [-0.05, 0) is 55.9 Å². The zero-order valence-electron chi connectivity index (χ0n) is 12.8. The number of thioether (sulfide) groups is 1. The van der Waals surface area contributed by atoms with Gasteiger partial charge >= 0.3 is 5.97 Å². The second kappa shape index (κ2) is 7.14. The number of carboxylic acids is 1. The van der Waals surface area contributed by atoms with Crippen LogP contribution in [0.4, 0.5) is 0 Å². The molecule has 2 N–H and O–H groups in total. The number of carbonyl (C=O) groups excluding carboxylic acids is 1. The largest absolute Gasteiger partial charge is 0.481 e. The summed E-state index contributed by atoms with van der Waals surface area (Å²) in [5, 5.41) is 12.9. The fourth-order valence-electron chi connectivity index (χ4n) is 3.41. The lowest BCUT2D eigenvalue weighted by atomic mass is 9.81. The monoisotopic (exact) mass is 353 g/mol. The van der Waals surface area contributed by atoms with Crippen LogP contribution in [0.2, 0.25) is 5.02 Å². The number of benzene rings is 1. The van der Waals surface area contributed by atoms with Crippen molar-refractivity contribution in [2.45, 2.75) is 43.0 Å². The predicted octanol–water partition coefficient (Wildman–Crippen LogP) is 3.88. The Hall–Kier alpha value is -1.20. The summed E-state index contributed by atoms with van der Waals surface area (Å²) in [6.07, 6.45) is 3.40. The van der Waals surface area contributed by atoms with Gasteiger partial charge in [-0.3, -0.25) is 9.59 Å². The van der Waals surface area contributed by atoms with Crippen LogP contribution in [0.25, 0.3) is 0 Å². The van der Waals surface area contributed by atoms with E-state index in [0.29, 0.717) is 30.7 Å². The molecule has 0 radical (unpaired) electrons. The highest BCUT2D eigenvalue weighted by atomic mass is 35.5. The van der Waals surface area contributed by atoms with Crippen molar-refractivity contribution in [1.82, 2.24) is 5.32 Å². The normalized spacial score (nSPS) is 27.1. The molecule has 6 heteroatoms. The van der Waals surface area contributed by atoms with Crippen molar-refractivity contribution in [2.24, 2.45) is 11.8 Å². The van der Waals surface area contributed by atoms with Crippen LogP contribution in [0, 0.1) is 11.8 Å². The number of aliphatic carboxylic acids is 1. The lowest BCUT2D eigenvalue weighted by Crippen LogP contribution is -2.37. The van der Waals surface area contributed by atoms with E-state index in [-0.39, 0.29) is 23.8 Å². The fraction of sp³-hybridized carbons (Fsp3) is 0.529. The molecule has 0 bridgehead atoms. The van der Waals surface area contributed by atoms with Gasteiger partial charge in [-0.2, -0.15) is 0 Å². The van der Waals surface area contributed by atoms with Gasteiger partial charge in [0.15, 0.2) is 0 Å². The van der Waals surface area contributed by atoms with E-state index in [1.807, 2.05) is 18.2 Å². The van der Waals surface area contributed by atoms with E-state index in [1.54, 1.807) is 11.8 Å². The molecule has 0 saturated heterocycles. The van der Waals surface area contributed by atoms with Crippen molar-refractivity contribution in [1.29, 1.82) is 0 Å². The van der Waals surface area contributed by atoms with Gasteiger partial charge in [-0.15, -0.1) is 11.8 Å². The van der Waals surface area contributed by atoms with Crippen molar-refractivity contribution in [3.05, 3.63) is 28.8 Å². The van der Waals surface area contributed by atoms with Gasteiger partial charge in [0.25, 0.3) is 0 Å². The van der Waals surface area contributed by atoms with Crippen LogP contribution >= 0.6 is 23.4 Å². The number of nitrogens with one attached hydrogen (secondary N) is 1. The zero-order valence-corrected chi connectivity index (χ0v) is 14.3. The Balaban J connectivity index is 1.63. The Kier molecular flexibility index (Phi) is 5.17. The lowest BCUT2D eigenvalue weighted by molar-refractivity contribution is -0.144. The minimum absolute atomic E-state index is 0.00893. The van der Waals surface area contributed by atoms with Crippen LogP contribution in [0.3, 0.4) is 0 Å². The molecule has 124 valence electrons. The molecule has 23 heavy (non-hydrogen) atoms. The fourth-order valence-corrected chi connectivity index (χ4v) is 4.69. The van der Waals surface area contributed by atoms with E-state index in [2.05, 4.69) is 5.32 Å². The molecule has 4 nitrogen and oxygen atoms in total. The Morgan fingerprint density at radius 1 is 1.13 bits per heavy atom. The second-order valence-electron chi connectivity index (χ2n) is 6.27. The van der Waals surface area contributed by atoms with E-state index in [0.717, 1.165) is 17.7 Å². The number of hydrogen-bond acceptors (Lipinski definition) is 3. The number of halogens is 1. The van der Waals surface area contributed by atoms with Crippen LogP contribution in [0.1, 0.15) is 43.7 Å². The highest BCUT2D eigenvalue weighted by Gasteiger charge is 2.31. The Bertz CT molecular complexity index is 614. The number of rotatable bonds is 3. The lowest BCUT2D eigenvalue weighted by Gasteiger charge is -2.30. The average molecular weight is 354 g/mol. The van der Waals surface area contributed by atoms with Crippen LogP contribution in [-0.4, -0.2) is 22.7 Å². The van der Waals surface area contributed by atoms with Gasteiger partial charge in [0.1, 0.15) is 0 Å². The van der Waals surface area contributed by atoms with Crippen LogP contribution in [0.15, 0.2) is 23.1 Å². The predicted molar refractivity (Wildman–Crippen MR) is 90.8 cm³/mol. The van der Waals surface area contributed by atoms with E-state index in [9.17, 15) is 9.59 Å². The molecule has 1 heterocycles. The summed E-state index contributed by atoms with van der Waals surface area (Å²) in [6.45, 7) is 0. The number of hydrogen-bond donors (Lipinski definition) is 2. The maximum Gasteiger partial charge on any atom is 0.306 e. The SMILES string of the molecule is O=C(O)C1CCC(C(=O)NC2CCSc3ccc(Cl)cc32)CC1. The average Bonchev–Trinajstić information content (AvgIpc) is 2.55. The number of fused-ring (bicyclic) bond motifs is 1. The van der Waals surface area contributed by atoms with Gasteiger partial charge in [0.2, 0.25) is 5.91 Å². The number of carbonyl (C=O) groups is 2. The summed E-state index contributed by atoms with van der Waals surface area (Å²) in [4.78, 5) is 24.7. The van der Waals surface area contributed by atoms with Crippen molar-refractivity contribution in [2.75, 3.05) is 5.75 Å². The summed E-state index contributed by atoms with van der Waals surface area (Å²) < 4.78 is 0. The Labute approximate surface area is 145 Å². The third kappa shape index (κ3) is 3.83. The third-order valence-electron chi connectivity index (χ3n) is 4.78. The smallest absolute Gasteiger partial charge is 0.306 e. The molecule has 1 saturated carbocycles. The van der Waals surface area contributed by atoms with Gasteiger partial charge < -0.3 is 10.4 Å². The molecule has 0 aromatic heterocycles. The summed E-state index contributed by atoms with van der Waals surface area (Å²) in [5.41, 5.74) is 1.10. The first-order chi connectivity index (χ1) is 11.0. The Morgan fingerprint density at radius 3 is 2.52 bits per heavy atom. The van der Waals surface area contributed by atoms with Crippen molar-refractivity contribution < 1.29 is 14.7 Å². The van der Waals surface area contributed by atoms with E-state index in [1.165, 1.54) is 4.90 Å². The van der Waals surface area contributed by atoms with Gasteiger partial charge in [-0.25, -0.2) is 0 Å². The minimum atomic E-state index is -0.739. The molecule has 0 spiro atoms. The number of amides is 1. The molecule has 1 aliphatic heterocycles. The first kappa shape index (κ1) is 16.7. The van der Waals surface area contributed by atoms with E-state index >= 15 is 0 Å². The van der Waals surface area contributed by atoms with Crippen LogP contribution in [0.5, 0.6) is 0 Å². The summed E-state index contributed by atoms with van der Waals surface area (Å²) >= 11 is 7.89. The van der Waals surface area contributed by atoms with Gasteiger partial charge in [0, 0.05) is 21.6 Å². The molecule has 1 unspecified atom stereocenters. The van der Waals surface area contributed by atoms with Gasteiger partial charge in [0.05, 0.1) is 12.0 Å². The standard InChI is InChI=1S/C17H20ClNO3S/c18-12-5-6-15-13(9-12)14(7-8-23-15)19-16(20)10-1-3-11(4-2-10)17(21)22/h5-6,9-11,14H,1-4,7-8H2,(H,19,20)(H,21,22). The second-order valence-corrected chi connectivity index (χ2v) is 7.84. The quantitative estimate of drug-likeness (QED) is 0.865. The van der Waals surface area contributed by atoms with E-state index < -0.39 is 5.97 Å². The van der Waals surface area contributed by atoms with Crippen molar-refractivity contribution >= 4 is 35.2 Å². The first-order valence-corrected chi connectivity index (χ1v) is 9.36. The first-order valence-electron chi connectivity index (χ1n) is 8.00. The van der Waals surface area contributed by atoms with E-state index in [4.69, 9.17) is 16.7 Å². The van der Waals surface area contributed by atoms with Crippen LogP contribution in [-0.2, 0) is 9.59 Å². The maximum absolute atomic E-state index is 12.5. The molecular weight excluding hydrogens is 334 g/mol. The third-order valence-corrected chi connectivity index (χ3v) is 6.13. The highest BCUT2D eigenvalue weighted by molar-refractivity contribution is 7.99. The van der Waals surface area contributed by atoms with Crippen LogP contribution < -0.4 is 5.32 Å².